The van der Waals surface area contributed by atoms with E-state index < -0.39 is 29.3 Å². The molecule has 0 saturated heterocycles. The van der Waals surface area contributed by atoms with E-state index in [0.717, 1.165) is 24.3 Å². The Morgan fingerprint density at radius 2 is 1.68 bits per heavy atom. The smallest absolute Gasteiger partial charge is 0.366 e. The van der Waals surface area contributed by atoms with Crippen molar-refractivity contribution in [2.75, 3.05) is 0 Å². The number of alkyl halides is 3. The van der Waals surface area contributed by atoms with Crippen LogP contribution in [0, 0.1) is 18.6 Å². The number of carbonyl (C=O) groups excluding carboxylic acids is 1. The molecule has 8 heteroatoms. The van der Waals surface area contributed by atoms with Gasteiger partial charge in [-0.3, -0.25) is 4.79 Å². The summed E-state index contributed by atoms with van der Waals surface area (Å²) in [7, 11) is 0. The molecule has 3 rings (SSSR count). The lowest BCUT2D eigenvalue weighted by Crippen LogP contribution is -2.14. The average Bonchev–Trinajstić information content (AvgIpc) is 2.96. The first-order chi connectivity index (χ1) is 14.5. The highest BCUT2D eigenvalue weighted by Gasteiger charge is 2.31. The molecule has 0 atom stereocenters. The molecular formula is C23H21F5N2O. The Kier molecular flexibility index (Phi) is 6.20. The van der Waals surface area contributed by atoms with E-state index in [4.69, 9.17) is 5.73 Å². The van der Waals surface area contributed by atoms with Crippen molar-refractivity contribution in [2.24, 2.45) is 5.73 Å². The molecule has 1 amide bonds. The average molecular weight is 436 g/mol. The van der Waals surface area contributed by atoms with Crippen molar-refractivity contribution >= 4 is 5.91 Å². The molecule has 1 heterocycles. The van der Waals surface area contributed by atoms with Gasteiger partial charge in [0.15, 0.2) is 11.6 Å². The number of amides is 1. The molecule has 0 saturated carbocycles. The molecular weight excluding hydrogens is 415 g/mol. The summed E-state index contributed by atoms with van der Waals surface area (Å²) < 4.78 is 67.7. The number of carbonyl (C=O) groups is 1. The highest BCUT2D eigenvalue weighted by Crippen LogP contribution is 2.36. The molecule has 2 N–H and O–H groups in total. The van der Waals surface area contributed by atoms with Crippen LogP contribution in [0.4, 0.5) is 22.0 Å². The molecule has 0 aliphatic carbocycles. The third kappa shape index (κ3) is 4.47. The maximum atomic E-state index is 13.7. The number of halogens is 5. The van der Waals surface area contributed by atoms with Crippen molar-refractivity contribution in [3.05, 3.63) is 82.2 Å². The predicted molar refractivity (Wildman–Crippen MR) is 108 cm³/mol. The molecule has 164 valence electrons. The largest absolute Gasteiger partial charge is 0.416 e. The number of primary amides is 1. The minimum Gasteiger partial charge on any atom is -0.366 e. The van der Waals surface area contributed by atoms with Gasteiger partial charge in [0.2, 0.25) is 0 Å². The van der Waals surface area contributed by atoms with Crippen molar-refractivity contribution < 1.29 is 26.7 Å². The molecule has 3 nitrogen and oxygen atoms in total. The Labute approximate surface area is 176 Å². The fourth-order valence-corrected chi connectivity index (χ4v) is 3.77. The van der Waals surface area contributed by atoms with E-state index in [1.54, 1.807) is 11.5 Å². The molecule has 0 aliphatic rings. The van der Waals surface area contributed by atoms with Gasteiger partial charge in [-0.1, -0.05) is 31.5 Å². The van der Waals surface area contributed by atoms with Gasteiger partial charge in [0, 0.05) is 23.5 Å². The van der Waals surface area contributed by atoms with E-state index in [1.165, 1.54) is 18.2 Å². The molecule has 0 spiro atoms. The second-order valence-electron chi connectivity index (χ2n) is 7.31. The summed E-state index contributed by atoms with van der Waals surface area (Å²) in [5.74, 6) is -2.67. The lowest BCUT2D eigenvalue weighted by molar-refractivity contribution is -0.137. The van der Waals surface area contributed by atoms with E-state index in [0.29, 0.717) is 40.9 Å². The topological polar surface area (TPSA) is 48.0 Å². The van der Waals surface area contributed by atoms with Crippen LogP contribution < -0.4 is 5.73 Å². The Balaban J connectivity index is 2.19. The molecule has 0 aliphatic heterocycles. The van der Waals surface area contributed by atoms with Gasteiger partial charge in [-0.2, -0.15) is 13.2 Å². The fourth-order valence-electron chi connectivity index (χ4n) is 3.77. The standard InChI is InChI=1S/C23H21F5N2O/c1-3-4-19-21(15-6-8-16(9-7-15)23(26,27)28)20(22(29)31)13(2)30(19)12-14-5-10-17(24)18(25)11-14/h5-11H,3-4,12H2,1-2H3,(H2,29,31). The Hall–Kier alpha value is -3.16. The number of nitrogens with two attached hydrogens (primary N) is 1. The first-order valence-electron chi connectivity index (χ1n) is 9.67. The predicted octanol–water partition coefficient (Wildman–Crippen LogP) is 5.86. The summed E-state index contributed by atoms with van der Waals surface area (Å²) in [5.41, 5.74) is 7.59. The van der Waals surface area contributed by atoms with Gasteiger partial charge in [-0.05, 0) is 48.7 Å². The van der Waals surface area contributed by atoms with Gasteiger partial charge in [0.25, 0.3) is 5.91 Å². The zero-order chi connectivity index (χ0) is 22.9. The Bertz CT molecular complexity index is 1110. The molecule has 1 aromatic heterocycles. The summed E-state index contributed by atoms with van der Waals surface area (Å²) in [6.45, 7) is 3.75. The number of hydrogen-bond donors (Lipinski definition) is 1. The number of hydrogen-bond acceptors (Lipinski definition) is 1. The highest BCUT2D eigenvalue weighted by molar-refractivity contribution is 6.02. The number of rotatable bonds is 6. The summed E-state index contributed by atoms with van der Waals surface area (Å²) >= 11 is 0. The SMILES string of the molecule is CCCc1c(-c2ccc(C(F)(F)F)cc2)c(C(N)=O)c(C)n1Cc1ccc(F)c(F)c1. The summed E-state index contributed by atoms with van der Waals surface area (Å²) in [6, 6.07) is 8.07. The van der Waals surface area contributed by atoms with E-state index in [9.17, 15) is 26.7 Å². The van der Waals surface area contributed by atoms with E-state index in [-0.39, 0.29) is 12.1 Å². The molecule has 0 unspecified atom stereocenters. The molecule has 3 aromatic rings. The van der Waals surface area contributed by atoms with Gasteiger partial charge >= 0.3 is 6.18 Å². The van der Waals surface area contributed by atoms with E-state index in [1.807, 2.05) is 6.92 Å². The third-order valence-electron chi connectivity index (χ3n) is 5.19. The van der Waals surface area contributed by atoms with Crippen LogP contribution in [0.15, 0.2) is 42.5 Å². The molecule has 0 radical (unpaired) electrons. The summed E-state index contributed by atoms with van der Waals surface area (Å²) in [4.78, 5) is 12.3. The van der Waals surface area contributed by atoms with E-state index in [2.05, 4.69) is 0 Å². The second-order valence-corrected chi connectivity index (χ2v) is 7.31. The number of nitrogens with zero attached hydrogens (tertiary/aromatic N) is 1. The van der Waals surface area contributed by atoms with Crippen LogP contribution in [-0.4, -0.2) is 10.5 Å². The second kappa shape index (κ2) is 8.53. The minimum atomic E-state index is -4.48. The fraction of sp³-hybridized carbons (Fsp3) is 0.261. The third-order valence-corrected chi connectivity index (χ3v) is 5.19. The Morgan fingerprint density at radius 3 is 2.19 bits per heavy atom. The quantitative estimate of drug-likeness (QED) is 0.484. The van der Waals surface area contributed by atoms with Crippen LogP contribution in [0.25, 0.3) is 11.1 Å². The lowest BCUT2D eigenvalue weighted by atomic mass is 9.97. The van der Waals surface area contributed by atoms with Crippen LogP contribution in [0.1, 0.15) is 46.2 Å². The maximum Gasteiger partial charge on any atom is 0.416 e. The normalized spacial score (nSPS) is 11.7. The van der Waals surface area contributed by atoms with Crippen LogP contribution in [0.2, 0.25) is 0 Å². The van der Waals surface area contributed by atoms with Gasteiger partial charge in [0.1, 0.15) is 0 Å². The van der Waals surface area contributed by atoms with Crippen molar-refractivity contribution in [3.63, 3.8) is 0 Å². The van der Waals surface area contributed by atoms with Crippen LogP contribution in [0.3, 0.4) is 0 Å². The summed E-state index contributed by atoms with van der Waals surface area (Å²) in [5, 5.41) is 0. The van der Waals surface area contributed by atoms with Crippen molar-refractivity contribution in [1.29, 1.82) is 0 Å². The van der Waals surface area contributed by atoms with E-state index >= 15 is 0 Å². The van der Waals surface area contributed by atoms with Crippen LogP contribution in [0.5, 0.6) is 0 Å². The highest BCUT2D eigenvalue weighted by atomic mass is 19.4. The van der Waals surface area contributed by atoms with Crippen molar-refractivity contribution in [3.8, 4) is 11.1 Å². The lowest BCUT2D eigenvalue weighted by Gasteiger charge is -2.14. The first kappa shape index (κ1) is 22.5. The van der Waals surface area contributed by atoms with Gasteiger partial charge < -0.3 is 10.3 Å². The molecule has 0 bridgehead atoms. The number of benzene rings is 2. The van der Waals surface area contributed by atoms with Crippen molar-refractivity contribution in [1.82, 2.24) is 4.57 Å². The zero-order valence-corrected chi connectivity index (χ0v) is 17.0. The van der Waals surface area contributed by atoms with Gasteiger partial charge in [-0.25, -0.2) is 8.78 Å². The number of aromatic nitrogens is 1. The monoisotopic (exact) mass is 436 g/mol. The Morgan fingerprint density at radius 1 is 1.03 bits per heavy atom. The summed E-state index contributed by atoms with van der Waals surface area (Å²) in [6.07, 6.45) is -3.28. The van der Waals surface area contributed by atoms with Gasteiger partial charge in [-0.15, -0.1) is 0 Å². The molecule has 2 aromatic carbocycles. The van der Waals surface area contributed by atoms with Crippen LogP contribution in [-0.2, 0) is 19.1 Å². The van der Waals surface area contributed by atoms with Crippen molar-refractivity contribution in [2.45, 2.75) is 39.4 Å². The minimum absolute atomic E-state index is 0.152. The maximum absolute atomic E-state index is 13.7. The molecule has 0 fully saturated rings. The first-order valence-corrected chi connectivity index (χ1v) is 9.67. The molecule has 31 heavy (non-hydrogen) atoms. The zero-order valence-electron chi connectivity index (χ0n) is 17.0. The van der Waals surface area contributed by atoms with Crippen LogP contribution >= 0.6 is 0 Å². The van der Waals surface area contributed by atoms with Gasteiger partial charge in [0.05, 0.1) is 11.1 Å².